The zero-order valence-corrected chi connectivity index (χ0v) is 11.2. The third-order valence-electron chi connectivity index (χ3n) is 2.68. The summed E-state index contributed by atoms with van der Waals surface area (Å²) < 4.78 is 13.3. The molecule has 0 amide bonds. The Morgan fingerprint density at radius 2 is 2.28 bits per heavy atom. The van der Waals surface area contributed by atoms with E-state index < -0.39 is 5.82 Å². The maximum atomic E-state index is 13.3. The minimum absolute atomic E-state index is 0.0904. The van der Waals surface area contributed by atoms with Crippen molar-refractivity contribution in [2.45, 2.75) is 13.5 Å². The summed E-state index contributed by atoms with van der Waals surface area (Å²) in [6, 6.07) is 4.72. The van der Waals surface area contributed by atoms with E-state index in [1.54, 1.807) is 12.1 Å². The number of hydrogen-bond donors (Lipinski definition) is 2. The molecule has 0 radical (unpaired) electrons. The summed E-state index contributed by atoms with van der Waals surface area (Å²) in [4.78, 5) is 1.93. The first-order valence-electron chi connectivity index (χ1n) is 5.54. The van der Waals surface area contributed by atoms with Gasteiger partial charge in [-0.1, -0.05) is 35.8 Å². The molecule has 0 saturated carbocycles. The molecular formula is C12H17ClFN3O. The largest absolute Gasteiger partial charge is 0.409 e. The molecule has 0 fully saturated rings. The maximum absolute atomic E-state index is 13.3. The van der Waals surface area contributed by atoms with Gasteiger partial charge in [0, 0.05) is 19.0 Å². The quantitative estimate of drug-likeness (QED) is 0.374. The molecule has 18 heavy (non-hydrogen) atoms. The first-order valence-corrected chi connectivity index (χ1v) is 5.92. The molecule has 1 unspecified atom stereocenters. The van der Waals surface area contributed by atoms with Crippen molar-refractivity contribution < 1.29 is 9.60 Å². The van der Waals surface area contributed by atoms with Crippen molar-refractivity contribution in [3.05, 3.63) is 34.6 Å². The molecule has 4 nitrogen and oxygen atoms in total. The highest BCUT2D eigenvalue weighted by atomic mass is 35.5. The zero-order valence-electron chi connectivity index (χ0n) is 10.4. The Morgan fingerprint density at radius 3 is 2.89 bits per heavy atom. The van der Waals surface area contributed by atoms with Crippen LogP contribution in [0.5, 0.6) is 0 Å². The van der Waals surface area contributed by atoms with Gasteiger partial charge < -0.3 is 15.8 Å². The van der Waals surface area contributed by atoms with Crippen LogP contribution in [-0.2, 0) is 6.54 Å². The topological polar surface area (TPSA) is 61.8 Å². The van der Waals surface area contributed by atoms with E-state index in [0.29, 0.717) is 18.7 Å². The summed E-state index contributed by atoms with van der Waals surface area (Å²) >= 11 is 5.87. The molecule has 1 aromatic carbocycles. The SMILES string of the molecule is CC(CN(C)Cc1cccc(F)c1Cl)/C(N)=N/O. The highest BCUT2D eigenvalue weighted by Gasteiger charge is 2.13. The van der Waals surface area contributed by atoms with Crippen LogP contribution in [0.3, 0.4) is 0 Å². The molecule has 6 heteroatoms. The molecule has 0 aliphatic carbocycles. The van der Waals surface area contributed by atoms with E-state index in [4.69, 9.17) is 22.5 Å². The first kappa shape index (κ1) is 14.7. The van der Waals surface area contributed by atoms with Gasteiger partial charge in [0.15, 0.2) is 0 Å². The van der Waals surface area contributed by atoms with Gasteiger partial charge in [0.05, 0.1) is 5.02 Å². The number of nitrogens with two attached hydrogens (primary N) is 1. The molecule has 1 atom stereocenters. The number of nitrogens with zero attached hydrogens (tertiary/aromatic N) is 2. The number of oxime groups is 1. The lowest BCUT2D eigenvalue weighted by atomic mass is 10.1. The summed E-state index contributed by atoms with van der Waals surface area (Å²) in [6.07, 6.45) is 0. The minimum Gasteiger partial charge on any atom is -0.409 e. The summed E-state index contributed by atoms with van der Waals surface area (Å²) in [5, 5.41) is 11.7. The molecule has 0 aromatic heterocycles. The highest BCUT2D eigenvalue weighted by molar-refractivity contribution is 6.31. The van der Waals surface area contributed by atoms with Crippen molar-refractivity contribution in [2.24, 2.45) is 16.8 Å². The molecule has 0 aliphatic rings. The van der Waals surface area contributed by atoms with E-state index in [9.17, 15) is 4.39 Å². The number of amidine groups is 1. The van der Waals surface area contributed by atoms with E-state index in [1.807, 2.05) is 18.9 Å². The van der Waals surface area contributed by atoms with Gasteiger partial charge in [0.2, 0.25) is 0 Å². The third-order valence-corrected chi connectivity index (χ3v) is 3.10. The lowest BCUT2D eigenvalue weighted by Gasteiger charge is -2.21. The van der Waals surface area contributed by atoms with Crippen LogP contribution in [0.2, 0.25) is 5.02 Å². The van der Waals surface area contributed by atoms with Crippen molar-refractivity contribution in [1.82, 2.24) is 4.90 Å². The van der Waals surface area contributed by atoms with Gasteiger partial charge in [-0.15, -0.1) is 0 Å². The molecule has 1 rings (SSSR count). The van der Waals surface area contributed by atoms with Crippen molar-refractivity contribution in [3.8, 4) is 0 Å². The Hall–Kier alpha value is -1.33. The predicted molar refractivity (Wildman–Crippen MR) is 70.3 cm³/mol. The minimum atomic E-state index is -0.424. The molecule has 0 bridgehead atoms. The molecule has 0 aliphatic heterocycles. The summed E-state index contributed by atoms with van der Waals surface area (Å²) in [7, 11) is 1.86. The summed E-state index contributed by atoms with van der Waals surface area (Å²) in [5.74, 6) is -0.341. The average Bonchev–Trinajstić information content (AvgIpc) is 2.33. The van der Waals surface area contributed by atoms with Crippen molar-refractivity contribution >= 4 is 17.4 Å². The molecule has 0 saturated heterocycles. The van der Waals surface area contributed by atoms with Crippen molar-refractivity contribution in [2.75, 3.05) is 13.6 Å². The fourth-order valence-electron chi connectivity index (χ4n) is 1.69. The Bertz CT molecular complexity index is 439. The second-order valence-corrected chi connectivity index (χ2v) is 4.71. The van der Waals surface area contributed by atoms with Crippen molar-refractivity contribution in [3.63, 3.8) is 0 Å². The second kappa shape index (κ2) is 6.56. The standard InChI is InChI=1S/C12H17ClFN3O/c1-8(12(15)16-18)6-17(2)7-9-4-3-5-10(14)11(9)13/h3-5,8,18H,6-7H2,1-2H3,(H2,15,16). The Balaban J connectivity index is 2.65. The third kappa shape index (κ3) is 3.85. The van der Waals surface area contributed by atoms with Gasteiger partial charge in [-0.3, -0.25) is 0 Å². The van der Waals surface area contributed by atoms with Crippen LogP contribution in [0.25, 0.3) is 0 Å². The molecule has 1 aromatic rings. The van der Waals surface area contributed by atoms with Gasteiger partial charge in [0.1, 0.15) is 11.7 Å². The number of rotatable bonds is 5. The van der Waals surface area contributed by atoms with Crippen LogP contribution in [0.15, 0.2) is 23.4 Å². The van der Waals surface area contributed by atoms with Crippen molar-refractivity contribution in [1.29, 1.82) is 0 Å². The van der Waals surface area contributed by atoms with Gasteiger partial charge in [0.25, 0.3) is 0 Å². The fraction of sp³-hybridized carbons (Fsp3) is 0.417. The van der Waals surface area contributed by atoms with Gasteiger partial charge in [-0.25, -0.2) is 4.39 Å². The first-order chi connectivity index (χ1) is 8.45. The average molecular weight is 274 g/mol. The van der Waals surface area contributed by atoms with E-state index >= 15 is 0 Å². The second-order valence-electron chi connectivity index (χ2n) is 4.34. The lowest BCUT2D eigenvalue weighted by Crippen LogP contribution is -2.32. The van der Waals surface area contributed by atoms with E-state index in [-0.39, 0.29) is 16.8 Å². The lowest BCUT2D eigenvalue weighted by molar-refractivity contribution is 0.290. The summed E-state index contributed by atoms with van der Waals surface area (Å²) in [5.41, 5.74) is 6.21. The monoisotopic (exact) mass is 273 g/mol. The van der Waals surface area contributed by atoms with Crippen LogP contribution in [0.1, 0.15) is 12.5 Å². The Morgan fingerprint density at radius 1 is 1.61 bits per heavy atom. The normalized spacial score (nSPS) is 13.9. The van der Waals surface area contributed by atoms with Gasteiger partial charge in [-0.2, -0.15) is 0 Å². The zero-order chi connectivity index (χ0) is 13.7. The molecule has 3 N–H and O–H groups in total. The molecule has 0 spiro atoms. The number of halogens is 2. The fourth-order valence-corrected chi connectivity index (χ4v) is 1.87. The van der Waals surface area contributed by atoms with E-state index in [1.165, 1.54) is 6.07 Å². The van der Waals surface area contributed by atoms with E-state index in [2.05, 4.69) is 5.16 Å². The van der Waals surface area contributed by atoms with Crippen LogP contribution >= 0.6 is 11.6 Å². The highest BCUT2D eigenvalue weighted by Crippen LogP contribution is 2.20. The van der Waals surface area contributed by atoms with Crippen LogP contribution in [0.4, 0.5) is 4.39 Å². The summed E-state index contributed by atoms with van der Waals surface area (Å²) in [6.45, 7) is 2.93. The van der Waals surface area contributed by atoms with Crippen LogP contribution in [-0.4, -0.2) is 29.5 Å². The Labute approximate surface area is 111 Å². The smallest absolute Gasteiger partial charge is 0.143 e. The molecular weight excluding hydrogens is 257 g/mol. The maximum Gasteiger partial charge on any atom is 0.143 e. The van der Waals surface area contributed by atoms with Crippen LogP contribution in [0, 0.1) is 11.7 Å². The predicted octanol–water partition coefficient (Wildman–Crippen LogP) is 2.29. The van der Waals surface area contributed by atoms with E-state index in [0.717, 1.165) is 0 Å². The number of benzene rings is 1. The number of hydrogen-bond acceptors (Lipinski definition) is 3. The van der Waals surface area contributed by atoms with Gasteiger partial charge in [-0.05, 0) is 18.7 Å². The molecule has 0 heterocycles. The van der Waals surface area contributed by atoms with Gasteiger partial charge >= 0.3 is 0 Å². The van der Waals surface area contributed by atoms with Crippen LogP contribution < -0.4 is 5.73 Å². The Kier molecular flexibility index (Phi) is 5.37. The molecule has 100 valence electrons.